The Hall–Kier alpha value is -3.34. The Morgan fingerprint density at radius 3 is 2.74 bits per heavy atom. The lowest BCUT2D eigenvalue weighted by Gasteiger charge is -2.18. The third-order valence-electron chi connectivity index (χ3n) is 4.03. The molecule has 3 N–H and O–H groups in total. The van der Waals surface area contributed by atoms with Crippen molar-refractivity contribution in [1.29, 1.82) is 5.26 Å². The molecule has 0 bridgehead atoms. The third kappa shape index (κ3) is 6.82. The molecule has 27 heavy (non-hydrogen) atoms. The number of carboxylic acid groups (broad SMARTS) is 1. The number of aryl methyl sites for hydroxylation is 2. The molecule has 2 aromatic rings. The number of amides is 2. The SMILES string of the molecule is Cc1cc(NC(=O)NC(CCC(=O)O)Cc2ccccc2)nn1CCC#N. The predicted octanol–water partition coefficient (Wildman–Crippen LogP) is 2.70. The van der Waals surface area contributed by atoms with E-state index < -0.39 is 12.0 Å². The van der Waals surface area contributed by atoms with Crippen molar-refractivity contribution in [3.63, 3.8) is 0 Å². The summed E-state index contributed by atoms with van der Waals surface area (Å²) >= 11 is 0. The van der Waals surface area contributed by atoms with Gasteiger partial charge in [-0.25, -0.2) is 4.79 Å². The Morgan fingerprint density at radius 1 is 1.33 bits per heavy atom. The van der Waals surface area contributed by atoms with Crippen LogP contribution in [0.1, 0.15) is 30.5 Å². The minimum atomic E-state index is -0.901. The molecular formula is C19H23N5O3. The number of aliphatic carboxylic acids is 1. The molecule has 1 atom stereocenters. The fourth-order valence-electron chi connectivity index (χ4n) is 2.71. The van der Waals surface area contributed by atoms with Crippen molar-refractivity contribution in [2.45, 2.75) is 45.2 Å². The Morgan fingerprint density at radius 2 is 2.07 bits per heavy atom. The van der Waals surface area contributed by atoms with E-state index in [0.29, 0.717) is 31.6 Å². The number of urea groups is 1. The number of carbonyl (C=O) groups is 2. The first kappa shape index (κ1) is 20.0. The predicted molar refractivity (Wildman–Crippen MR) is 100 cm³/mol. The summed E-state index contributed by atoms with van der Waals surface area (Å²) in [5, 5.41) is 27.4. The van der Waals surface area contributed by atoms with Gasteiger partial charge in [0, 0.05) is 24.2 Å². The molecule has 1 unspecified atom stereocenters. The summed E-state index contributed by atoms with van der Waals surface area (Å²) < 4.78 is 1.66. The van der Waals surface area contributed by atoms with Crippen molar-refractivity contribution in [1.82, 2.24) is 15.1 Å². The molecule has 1 aromatic carbocycles. The minimum Gasteiger partial charge on any atom is -0.481 e. The number of rotatable bonds is 9. The molecule has 8 nitrogen and oxygen atoms in total. The number of carboxylic acids is 1. The fraction of sp³-hybridized carbons (Fsp3) is 0.368. The summed E-state index contributed by atoms with van der Waals surface area (Å²) in [5.74, 6) is -0.512. The summed E-state index contributed by atoms with van der Waals surface area (Å²) in [6.07, 6.45) is 1.17. The highest BCUT2D eigenvalue weighted by molar-refractivity contribution is 5.88. The molecule has 0 fully saturated rings. The zero-order valence-corrected chi connectivity index (χ0v) is 15.2. The van der Waals surface area contributed by atoms with Gasteiger partial charge >= 0.3 is 12.0 Å². The molecule has 0 aliphatic rings. The normalized spacial score (nSPS) is 11.4. The molecule has 0 radical (unpaired) electrons. The van der Waals surface area contributed by atoms with E-state index in [4.69, 9.17) is 10.4 Å². The largest absolute Gasteiger partial charge is 0.481 e. The number of nitrogens with one attached hydrogen (secondary N) is 2. The molecule has 0 saturated heterocycles. The van der Waals surface area contributed by atoms with Crippen molar-refractivity contribution in [3.05, 3.63) is 47.7 Å². The molecule has 142 valence electrons. The summed E-state index contributed by atoms with van der Waals surface area (Å²) in [6.45, 7) is 2.30. The van der Waals surface area contributed by atoms with Gasteiger partial charge in [0.1, 0.15) is 0 Å². The smallest absolute Gasteiger partial charge is 0.320 e. The summed E-state index contributed by atoms with van der Waals surface area (Å²) in [6, 6.07) is 12.6. The first-order valence-electron chi connectivity index (χ1n) is 8.72. The van der Waals surface area contributed by atoms with Crippen LogP contribution in [0.5, 0.6) is 0 Å². The van der Waals surface area contributed by atoms with Crippen molar-refractivity contribution in [2.24, 2.45) is 0 Å². The Bertz CT molecular complexity index is 810. The average Bonchev–Trinajstić information content (AvgIpc) is 2.97. The zero-order chi connectivity index (χ0) is 19.6. The van der Waals surface area contributed by atoms with Crippen molar-refractivity contribution < 1.29 is 14.7 Å². The Balaban J connectivity index is 1.97. The Kier molecular flexibility index (Phi) is 7.37. The van der Waals surface area contributed by atoms with Crippen LogP contribution >= 0.6 is 0 Å². The van der Waals surface area contributed by atoms with Gasteiger partial charge in [-0.1, -0.05) is 30.3 Å². The number of nitriles is 1. The van der Waals surface area contributed by atoms with Crippen molar-refractivity contribution in [3.8, 4) is 6.07 Å². The number of benzene rings is 1. The van der Waals surface area contributed by atoms with Gasteiger partial charge in [0.05, 0.1) is 19.0 Å². The highest BCUT2D eigenvalue weighted by Gasteiger charge is 2.16. The average molecular weight is 369 g/mol. The minimum absolute atomic E-state index is 0.0281. The molecule has 0 spiro atoms. The number of hydrogen-bond acceptors (Lipinski definition) is 4. The maximum atomic E-state index is 12.3. The number of aromatic nitrogens is 2. The van der Waals surface area contributed by atoms with Crippen molar-refractivity contribution >= 4 is 17.8 Å². The van der Waals surface area contributed by atoms with E-state index in [2.05, 4.69) is 21.8 Å². The van der Waals surface area contributed by atoms with Gasteiger partial charge in [0.25, 0.3) is 0 Å². The number of hydrogen-bond donors (Lipinski definition) is 3. The third-order valence-corrected chi connectivity index (χ3v) is 4.03. The Labute approximate surface area is 157 Å². The maximum Gasteiger partial charge on any atom is 0.320 e. The molecule has 2 amide bonds. The number of anilines is 1. The first-order chi connectivity index (χ1) is 13.0. The van der Waals surface area contributed by atoms with Crippen molar-refractivity contribution in [2.75, 3.05) is 5.32 Å². The van der Waals surface area contributed by atoms with Gasteiger partial charge in [-0.15, -0.1) is 0 Å². The van der Waals surface area contributed by atoms with Gasteiger partial charge in [0.2, 0.25) is 0 Å². The highest BCUT2D eigenvalue weighted by atomic mass is 16.4. The van der Waals surface area contributed by atoms with Gasteiger partial charge in [-0.05, 0) is 25.3 Å². The fourth-order valence-corrected chi connectivity index (χ4v) is 2.71. The van der Waals surface area contributed by atoms with E-state index in [1.165, 1.54) is 0 Å². The molecule has 0 aliphatic carbocycles. The van der Waals surface area contributed by atoms with E-state index in [-0.39, 0.29) is 12.5 Å². The van der Waals surface area contributed by atoms with Gasteiger partial charge in [0.15, 0.2) is 5.82 Å². The molecular weight excluding hydrogens is 346 g/mol. The lowest BCUT2D eigenvalue weighted by Crippen LogP contribution is -2.39. The summed E-state index contributed by atoms with van der Waals surface area (Å²) in [5.41, 5.74) is 1.86. The number of nitrogens with zero attached hydrogens (tertiary/aromatic N) is 3. The van der Waals surface area contributed by atoms with Crippen LogP contribution < -0.4 is 10.6 Å². The second-order valence-electron chi connectivity index (χ2n) is 6.22. The van der Waals surface area contributed by atoms with E-state index in [0.717, 1.165) is 11.3 Å². The molecule has 2 rings (SSSR count). The van der Waals surface area contributed by atoms with Crippen LogP contribution in [0, 0.1) is 18.3 Å². The van der Waals surface area contributed by atoms with E-state index in [9.17, 15) is 9.59 Å². The quantitative estimate of drug-likeness (QED) is 0.628. The molecule has 0 aliphatic heterocycles. The topological polar surface area (TPSA) is 120 Å². The zero-order valence-electron chi connectivity index (χ0n) is 15.2. The second kappa shape index (κ2) is 9.97. The van der Waals surface area contributed by atoms with Crippen LogP contribution in [0.15, 0.2) is 36.4 Å². The van der Waals surface area contributed by atoms with E-state index in [1.54, 1.807) is 10.7 Å². The number of carbonyl (C=O) groups excluding carboxylic acids is 1. The molecule has 0 saturated carbocycles. The lowest BCUT2D eigenvalue weighted by molar-refractivity contribution is -0.137. The van der Waals surface area contributed by atoms with Crippen LogP contribution in [0.2, 0.25) is 0 Å². The van der Waals surface area contributed by atoms with Crippen LogP contribution in [-0.4, -0.2) is 32.9 Å². The monoisotopic (exact) mass is 369 g/mol. The standard InChI is InChI=1S/C19H23N5O3/c1-14-12-17(23-24(14)11-5-10-20)22-19(27)21-16(8-9-18(25)26)13-15-6-3-2-4-7-15/h2-4,6-7,12,16H,5,8-9,11,13H2,1H3,(H,25,26)(H2,21,22,23,27). The summed E-state index contributed by atoms with van der Waals surface area (Å²) in [4.78, 5) is 23.2. The molecule has 8 heteroatoms. The van der Waals surface area contributed by atoms with Crippen LogP contribution in [-0.2, 0) is 17.8 Å². The van der Waals surface area contributed by atoms with E-state index in [1.807, 2.05) is 37.3 Å². The highest BCUT2D eigenvalue weighted by Crippen LogP contribution is 2.11. The van der Waals surface area contributed by atoms with Crippen LogP contribution in [0.4, 0.5) is 10.6 Å². The van der Waals surface area contributed by atoms with Gasteiger partial charge in [-0.2, -0.15) is 10.4 Å². The van der Waals surface area contributed by atoms with Gasteiger partial charge < -0.3 is 10.4 Å². The maximum absolute atomic E-state index is 12.3. The van der Waals surface area contributed by atoms with Gasteiger partial charge in [-0.3, -0.25) is 14.8 Å². The lowest BCUT2D eigenvalue weighted by atomic mass is 10.0. The van der Waals surface area contributed by atoms with E-state index >= 15 is 0 Å². The molecule has 1 aromatic heterocycles. The second-order valence-corrected chi connectivity index (χ2v) is 6.22. The van der Waals surface area contributed by atoms with Crippen LogP contribution in [0.3, 0.4) is 0 Å². The molecule has 1 heterocycles. The van der Waals surface area contributed by atoms with Crippen LogP contribution in [0.25, 0.3) is 0 Å². The summed E-state index contributed by atoms with van der Waals surface area (Å²) in [7, 11) is 0. The first-order valence-corrected chi connectivity index (χ1v) is 8.72.